The highest BCUT2D eigenvalue weighted by molar-refractivity contribution is 5.77. The first kappa shape index (κ1) is 75.7. The molecule has 0 spiro atoms. The van der Waals surface area contributed by atoms with Crippen molar-refractivity contribution >= 4 is 17.8 Å². The Kier molecular flexibility index (Phi) is 38.9. The predicted octanol–water partition coefficient (Wildman–Crippen LogP) is 3.95. The lowest BCUT2D eigenvalue weighted by Crippen LogP contribution is -2.70. The number of carboxylic acids is 1. The molecule has 14 N–H and O–H groups in total. The molecule has 3 saturated heterocycles. The summed E-state index contributed by atoms with van der Waals surface area (Å²) in [7, 11) is 0. The Morgan fingerprint density at radius 1 is 0.619 bits per heavy atom. The summed E-state index contributed by atoms with van der Waals surface area (Å²) in [6.07, 6.45) is 8.36. The standard InChI is InChI=1S/C61H112N2O21/c1-4-6-8-10-12-14-16-18-20-21-22-24-26-28-30-32-34-43(68)42(63-48(71)35-33-31-29-27-25-23-19-17-15-13-11-9-7-5-2)40-79-58-53(75)52(74)55(47(39-66)81-58)82-59-54(76)57(51(73)46(38-65)80-59)84-61(60(77)78)36-44(69)49(62-41(3)67)56(83-61)50(72)45(70)37-64/h32,34,42-47,49-59,64-66,68-70,72-76H,4-31,33,35-40H2,1-3H3,(H,62,67)(H,63,71)(H,77,78)/b34-32+. The molecule has 492 valence electrons. The van der Waals surface area contributed by atoms with Gasteiger partial charge in [0.1, 0.15) is 67.1 Å². The molecule has 0 aliphatic carbocycles. The van der Waals surface area contributed by atoms with Crippen LogP contribution in [-0.4, -0.2) is 215 Å². The fraction of sp³-hybridized carbons (Fsp3) is 0.918. The Bertz CT molecular complexity index is 1770. The van der Waals surface area contributed by atoms with E-state index in [1.54, 1.807) is 6.08 Å². The number of ether oxygens (including phenoxy) is 6. The summed E-state index contributed by atoms with van der Waals surface area (Å²) in [4.78, 5) is 38.4. The van der Waals surface area contributed by atoms with Crippen LogP contribution in [0.2, 0.25) is 0 Å². The number of amides is 2. The van der Waals surface area contributed by atoms with E-state index in [-0.39, 0.29) is 12.3 Å². The Hall–Kier alpha value is -2.53. The van der Waals surface area contributed by atoms with Crippen molar-refractivity contribution in [3.63, 3.8) is 0 Å². The summed E-state index contributed by atoms with van der Waals surface area (Å²) in [6, 6.07) is -2.61. The molecule has 0 aromatic heterocycles. The summed E-state index contributed by atoms with van der Waals surface area (Å²) in [5.41, 5.74) is 0. The van der Waals surface area contributed by atoms with Crippen molar-refractivity contribution in [2.45, 2.75) is 330 Å². The topological polar surface area (TPSA) is 373 Å². The molecule has 18 unspecified atom stereocenters. The number of aliphatic carboxylic acids is 1. The van der Waals surface area contributed by atoms with Gasteiger partial charge in [0.05, 0.1) is 50.7 Å². The van der Waals surface area contributed by atoms with Crippen LogP contribution in [0.25, 0.3) is 0 Å². The highest BCUT2D eigenvalue weighted by atomic mass is 16.8. The lowest BCUT2D eigenvalue weighted by atomic mass is 9.88. The summed E-state index contributed by atoms with van der Waals surface area (Å²) in [6.45, 7) is 2.12. The van der Waals surface area contributed by atoms with E-state index < -0.39 is 155 Å². The second-order valence-corrected chi connectivity index (χ2v) is 23.6. The molecule has 0 aromatic carbocycles. The van der Waals surface area contributed by atoms with Gasteiger partial charge in [-0.15, -0.1) is 0 Å². The molecular weight excluding hydrogens is 1100 g/mol. The van der Waals surface area contributed by atoms with E-state index in [4.69, 9.17) is 28.4 Å². The number of aliphatic hydroxyl groups is 11. The molecule has 0 saturated carbocycles. The van der Waals surface area contributed by atoms with Crippen molar-refractivity contribution in [2.75, 3.05) is 26.4 Å². The van der Waals surface area contributed by atoms with Gasteiger partial charge < -0.3 is 100 Å². The van der Waals surface area contributed by atoms with E-state index in [0.29, 0.717) is 12.8 Å². The molecule has 3 aliphatic heterocycles. The molecule has 3 rings (SSSR count). The third kappa shape index (κ3) is 26.7. The van der Waals surface area contributed by atoms with Gasteiger partial charge in [-0.1, -0.05) is 193 Å². The largest absolute Gasteiger partial charge is 0.477 e. The number of carboxylic acid groups (broad SMARTS) is 1. The second kappa shape index (κ2) is 43.2. The number of hydrogen-bond donors (Lipinski definition) is 14. The zero-order valence-corrected chi connectivity index (χ0v) is 50.8. The SMILES string of the molecule is CCCCCCCCCCCCCCCC/C=C/C(O)C(COC1OC(CO)C(OC2OC(CO)C(O)C(OC3(C(=O)O)CC(O)C(NC(C)=O)C(C(O)C(O)CO)O3)C2O)C(O)C1O)NC(=O)CCCCCCCCCCCCCCCC. The lowest BCUT2D eigenvalue weighted by Gasteiger charge is -2.50. The fourth-order valence-electron chi connectivity index (χ4n) is 11.3. The summed E-state index contributed by atoms with van der Waals surface area (Å²) >= 11 is 0. The van der Waals surface area contributed by atoms with Crippen LogP contribution < -0.4 is 10.6 Å². The first-order valence-electron chi connectivity index (χ1n) is 32.1. The van der Waals surface area contributed by atoms with Crippen LogP contribution in [0.5, 0.6) is 0 Å². The van der Waals surface area contributed by atoms with E-state index >= 15 is 0 Å². The highest BCUT2D eigenvalue weighted by Gasteiger charge is 2.60. The molecule has 18 atom stereocenters. The maximum Gasteiger partial charge on any atom is 0.364 e. The number of allylic oxidation sites excluding steroid dienone is 1. The van der Waals surface area contributed by atoms with Crippen LogP contribution >= 0.6 is 0 Å². The number of hydrogen-bond acceptors (Lipinski definition) is 20. The number of unbranched alkanes of at least 4 members (excludes halogenated alkanes) is 27. The normalized spacial score (nSPS) is 29.8. The van der Waals surface area contributed by atoms with Gasteiger partial charge in [-0.05, 0) is 19.3 Å². The average molecular weight is 1210 g/mol. The van der Waals surface area contributed by atoms with E-state index in [1.165, 1.54) is 128 Å². The Morgan fingerprint density at radius 3 is 1.58 bits per heavy atom. The van der Waals surface area contributed by atoms with E-state index in [2.05, 4.69) is 24.5 Å². The average Bonchev–Trinajstić information content (AvgIpc) is 1.34. The van der Waals surface area contributed by atoms with E-state index in [0.717, 1.165) is 51.9 Å². The zero-order chi connectivity index (χ0) is 61.9. The number of carbonyl (C=O) groups excluding carboxylic acids is 2. The van der Waals surface area contributed by atoms with Crippen molar-refractivity contribution in [3.05, 3.63) is 12.2 Å². The molecule has 3 fully saturated rings. The van der Waals surface area contributed by atoms with Crippen LogP contribution in [0.15, 0.2) is 12.2 Å². The number of aliphatic hydroxyl groups excluding tert-OH is 11. The molecule has 0 bridgehead atoms. The fourth-order valence-corrected chi connectivity index (χ4v) is 11.3. The number of nitrogens with one attached hydrogen (secondary N) is 2. The maximum atomic E-state index is 13.4. The smallest absolute Gasteiger partial charge is 0.364 e. The van der Waals surface area contributed by atoms with Crippen molar-refractivity contribution in [3.8, 4) is 0 Å². The summed E-state index contributed by atoms with van der Waals surface area (Å²) in [5.74, 6) is -6.14. The quantitative estimate of drug-likeness (QED) is 0.0303. The zero-order valence-electron chi connectivity index (χ0n) is 50.8. The molecule has 3 heterocycles. The lowest BCUT2D eigenvalue weighted by molar-refractivity contribution is -0.386. The van der Waals surface area contributed by atoms with Crippen LogP contribution in [0.3, 0.4) is 0 Å². The minimum absolute atomic E-state index is 0.204. The molecular formula is C61H112N2O21. The number of rotatable bonds is 47. The molecule has 23 nitrogen and oxygen atoms in total. The van der Waals surface area contributed by atoms with Crippen molar-refractivity contribution in [2.24, 2.45) is 0 Å². The van der Waals surface area contributed by atoms with Crippen molar-refractivity contribution < 1.29 is 104 Å². The van der Waals surface area contributed by atoms with Crippen LogP contribution in [0.4, 0.5) is 0 Å². The third-order valence-electron chi connectivity index (χ3n) is 16.5. The van der Waals surface area contributed by atoms with Crippen LogP contribution in [0.1, 0.15) is 220 Å². The minimum atomic E-state index is -3.08. The molecule has 3 aliphatic rings. The molecule has 23 heteroatoms. The Balaban J connectivity index is 1.65. The summed E-state index contributed by atoms with van der Waals surface area (Å²) in [5, 5.41) is 136. The van der Waals surface area contributed by atoms with Gasteiger partial charge in [0.25, 0.3) is 5.79 Å². The second-order valence-electron chi connectivity index (χ2n) is 23.6. The predicted molar refractivity (Wildman–Crippen MR) is 311 cm³/mol. The summed E-state index contributed by atoms with van der Waals surface area (Å²) < 4.78 is 34.7. The maximum absolute atomic E-state index is 13.4. The van der Waals surface area contributed by atoms with E-state index in [9.17, 15) is 75.7 Å². The van der Waals surface area contributed by atoms with Gasteiger partial charge in [0.2, 0.25) is 11.8 Å². The highest BCUT2D eigenvalue weighted by Crippen LogP contribution is 2.38. The van der Waals surface area contributed by atoms with Gasteiger partial charge in [0, 0.05) is 19.8 Å². The first-order chi connectivity index (χ1) is 40.4. The van der Waals surface area contributed by atoms with Gasteiger partial charge in [-0.2, -0.15) is 0 Å². The van der Waals surface area contributed by atoms with Crippen LogP contribution in [-0.2, 0) is 42.8 Å². The molecule has 2 amide bonds. The van der Waals surface area contributed by atoms with Crippen molar-refractivity contribution in [1.82, 2.24) is 10.6 Å². The number of carbonyl (C=O) groups is 3. The molecule has 84 heavy (non-hydrogen) atoms. The van der Waals surface area contributed by atoms with Crippen LogP contribution in [0, 0.1) is 0 Å². The monoisotopic (exact) mass is 1210 g/mol. The van der Waals surface area contributed by atoms with Gasteiger partial charge in [0.15, 0.2) is 12.6 Å². The van der Waals surface area contributed by atoms with Crippen molar-refractivity contribution in [1.29, 1.82) is 0 Å². The Labute approximate surface area is 499 Å². The van der Waals surface area contributed by atoms with Gasteiger partial charge in [-0.25, -0.2) is 4.79 Å². The Morgan fingerprint density at radius 2 is 1.11 bits per heavy atom. The van der Waals surface area contributed by atoms with E-state index in [1.807, 2.05) is 6.08 Å². The molecule has 0 radical (unpaired) electrons. The third-order valence-corrected chi connectivity index (χ3v) is 16.5. The first-order valence-corrected chi connectivity index (χ1v) is 32.1. The molecule has 0 aromatic rings. The van der Waals surface area contributed by atoms with Gasteiger partial charge >= 0.3 is 5.97 Å². The minimum Gasteiger partial charge on any atom is -0.477 e. The van der Waals surface area contributed by atoms with Gasteiger partial charge in [-0.3, -0.25) is 9.59 Å².